The number of carbonyl (C=O) groups excluding carboxylic acids is 1. The highest BCUT2D eigenvalue weighted by Gasteiger charge is 2.20. The molecule has 2 unspecified atom stereocenters. The van der Waals surface area contributed by atoms with Crippen LogP contribution in [0.15, 0.2) is 29.2 Å². The van der Waals surface area contributed by atoms with Gasteiger partial charge in [0, 0.05) is 11.4 Å². The Morgan fingerprint density at radius 1 is 1.35 bits per heavy atom. The first-order valence-electron chi connectivity index (χ1n) is 6.96. The molecule has 20 heavy (non-hydrogen) atoms. The third-order valence-electron chi connectivity index (χ3n) is 3.53. The zero-order valence-corrected chi connectivity index (χ0v) is 12.2. The standard InChI is InChI=1S/C15H20FNO2S/c16-12-4-6-14(7-5-12)20-10-15(19)17-9-11-2-1-3-13(18)8-11/h4-7,11,13,18H,1-3,8-10H2,(H,17,19). The lowest BCUT2D eigenvalue weighted by atomic mass is 9.87. The SMILES string of the molecule is O=C(CSc1ccc(F)cc1)NCC1CCCC(O)C1. The van der Waals surface area contributed by atoms with Crippen LogP contribution in [0.2, 0.25) is 0 Å². The van der Waals surface area contributed by atoms with Crippen molar-refractivity contribution >= 4 is 17.7 Å². The molecule has 2 N–H and O–H groups in total. The summed E-state index contributed by atoms with van der Waals surface area (Å²) < 4.78 is 12.7. The van der Waals surface area contributed by atoms with Crippen LogP contribution in [0.25, 0.3) is 0 Å². The average Bonchev–Trinajstić information content (AvgIpc) is 2.45. The van der Waals surface area contributed by atoms with E-state index in [-0.39, 0.29) is 17.8 Å². The average molecular weight is 297 g/mol. The molecule has 1 amide bonds. The van der Waals surface area contributed by atoms with Crippen molar-refractivity contribution in [2.24, 2.45) is 5.92 Å². The van der Waals surface area contributed by atoms with Gasteiger partial charge in [0.05, 0.1) is 11.9 Å². The summed E-state index contributed by atoms with van der Waals surface area (Å²) in [6.45, 7) is 0.639. The minimum atomic E-state index is -0.269. The molecule has 0 bridgehead atoms. The maximum absolute atomic E-state index is 12.7. The summed E-state index contributed by atoms with van der Waals surface area (Å²) in [5.41, 5.74) is 0. The summed E-state index contributed by atoms with van der Waals surface area (Å²) in [5, 5.41) is 12.5. The molecule has 0 saturated heterocycles. The molecule has 1 saturated carbocycles. The van der Waals surface area contributed by atoms with Crippen LogP contribution >= 0.6 is 11.8 Å². The molecule has 1 aliphatic rings. The van der Waals surface area contributed by atoms with E-state index in [2.05, 4.69) is 5.32 Å². The maximum Gasteiger partial charge on any atom is 0.230 e. The largest absolute Gasteiger partial charge is 0.393 e. The number of aliphatic hydroxyl groups is 1. The Morgan fingerprint density at radius 2 is 2.10 bits per heavy atom. The summed E-state index contributed by atoms with van der Waals surface area (Å²) in [5.74, 6) is 0.438. The Hall–Kier alpha value is -1.07. The number of aliphatic hydroxyl groups excluding tert-OH is 1. The predicted octanol–water partition coefficient (Wildman–Crippen LogP) is 2.59. The lowest BCUT2D eigenvalue weighted by Crippen LogP contribution is -2.33. The van der Waals surface area contributed by atoms with E-state index < -0.39 is 0 Å². The van der Waals surface area contributed by atoms with Crippen LogP contribution in [0.3, 0.4) is 0 Å². The molecule has 1 aromatic rings. The Balaban J connectivity index is 1.66. The number of amides is 1. The van der Waals surface area contributed by atoms with Gasteiger partial charge in [0.2, 0.25) is 5.91 Å². The molecule has 0 radical (unpaired) electrons. The van der Waals surface area contributed by atoms with Crippen molar-refractivity contribution in [3.8, 4) is 0 Å². The molecule has 0 heterocycles. The van der Waals surface area contributed by atoms with Gasteiger partial charge in [0.25, 0.3) is 0 Å². The third kappa shape index (κ3) is 5.13. The number of hydrogen-bond donors (Lipinski definition) is 2. The number of carbonyl (C=O) groups is 1. The van der Waals surface area contributed by atoms with E-state index in [1.54, 1.807) is 12.1 Å². The minimum absolute atomic E-state index is 0.0145. The van der Waals surface area contributed by atoms with Crippen molar-refractivity contribution < 1.29 is 14.3 Å². The second-order valence-electron chi connectivity index (χ2n) is 5.23. The number of benzene rings is 1. The molecule has 0 aromatic heterocycles. The molecule has 0 spiro atoms. The fourth-order valence-electron chi connectivity index (χ4n) is 2.44. The van der Waals surface area contributed by atoms with E-state index in [0.29, 0.717) is 18.2 Å². The lowest BCUT2D eigenvalue weighted by molar-refractivity contribution is -0.118. The van der Waals surface area contributed by atoms with Crippen molar-refractivity contribution in [3.63, 3.8) is 0 Å². The predicted molar refractivity (Wildman–Crippen MR) is 78.1 cm³/mol. The molecular weight excluding hydrogens is 277 g/mol. The molecule has 1 aromatic carbocycles. The summed E-state index contributed by atoms with van der Waals surface area (Å²) in [7, 11) is 0. The van der Waals surface area contributed by atoms with Crippen LogP contribution in [-0.2, 0) is 4.79 Å². The second-order valence-corrected chi connectivity index (χ2v) is 6.28. The van der Waals surface area contributed by atoms with Gasteiger partial charge in [-0.05, 0) is 49.4 Å². The number of thioether (sulfide) groups is 1. The molecule has 110 valence electrons. The van der Waals surface area contributed by atoms with Gasteiger partial charge in [-0.25, -0.2) is 4.39 Å². The summed E-state index contributed by atoms with van der Waals surface area (Å²) >= 11 is 1.40. The maximum atomic E-state index is 12.7. The van der Waals surface area contributed by atoms with Crippen molar-refractivity contribution in [1.82, 2.24) is 5.32 Å². The lowest BCUT2D eigenvalue weighted by Gasteiger charge is -2.25. The molecule has 1 fully saturated rings. The molecule has 0 aliphatic heterocycles. The fraction of sp³-hybridized carbons (Fsp3) is 0.533. The molecule has 2 atom stereocenters. The fourth-order valence-corrected chi connectivity index (χ4v) is 3.17. The second kappa shape index (κ2) is 7.64. The van der Waals surface area contributed by atoms with Crippen LogP contribution in [0.4, 0.5) is 4.39 Å². The zero-order valence-electron chi connectivity index (χ0n) is 11.3. The molecule has 2 rings (SSSR count). The normalized spacial score (nSPS) is 22.5. The van der Waals surface area contributed by atoms with Gasteiger partial charge in [-0.3, -0.25) is 4.79 Å². The van der Waals surface area contributed by atoms with Gasteiger partial charge in [0.15, 0.2) is 0 Å². The Morgan fingerprint density at radius 3 is 2.80 bits per heavy atom. The molecule has 1 aliphatic carbocycles. The topological polar surface area (TPSA) is 49.3 Å². The monoisotopic (exact) mass is 297 g/mol. The van der Waals surface area contributed by atoms with Gasteiger partial charge in [-0.1, -0.05) is 6.42 Å². The van der Waals surface area contributed by atoms with Gasteiger partial charge < -0.3 is 10.4 Å². The van der Waals surface area contributed by atoms with Crippen LogP contribution in [-0.4, -0.2) is 29.4 Å². The van der Waals surface area contributed by atoms with Crippen LogP contribution in [0.1, 0.15) is 25.7 Å². The Bertz CT molecular complexity index is 438. The highest BCUT2D eigenvalue weighted by atomic mass is 32.2. The Labute approximate surface area is 123 Å². The van der Waals surface area contributed by atoms with Crippen LogP contribution in [0, 0.1) is 11.7 Å². The van der Waals surface area contributed by atoms with E-state index in [1.807, 2.05) is 0 Å². The quantitative estimate of drug-likeness (QED) is 0.821. The highest BCUT2D eigenvalue weighted by molar-refractivity contribution is 8.00. The molecule has 3 nitrogen and oxygen atoms in total. The van der Waals surface area contributed by atoms with Crippen LogP contribution < -0.4 is 5.32 Å². The van der Waals surface area contributed by atoms with Crippen molar-refractivity contribution in [2.75, 3.05) is 12.3 Å². The number of halogens is 1. The van der Waals surface area contributed by atoms with Gasteiger partial charge in [-0.2, -0.15) is 0 Å². The van der Waals surface area contributed by atoms with Crippen LogP contribution in [0.5, 0.6) is 0 Å². The number of nitrogens with one attached hydrogen (secondary N) is 1. The van der Waals surface area contributed by atoms with Gasteiger partial charge >= 0.3 is 0 Å². The van der Waals surface area contributed by atoms with Gasteiger partial charge in [0.1, 0.15) is 5.82 Å². The van der Waals surface area contributed by atoms with Crippen molar-refractivity contribution in [3.05, 3.63) is 30.1 Å². The smallest absolute Gasteiger partial charge is 0.230 e. The third-order valence-corrected chi connectivity index (χ3v) is 4.54. The van der Waals surface area contributed by atoms with E-state index in [0.717, 1.165) is 30.6 Å². The first kappa shape index (κ1) is 15.3. The first-order valence-corrected chi connectivity index (χ1v) is 7.95. The number of rotatable bonds is 5. The Kier molecular flexibility index (Phi) is 5.86. The molecular formula is C15H20FNO2S. The zero-order chi connectivity index (χ0) is 14.4. The van der Waals surface area contributed by atoms with E-state index in [9.17, 15) is 14.3 Å². The van der Waals surface area contributed by atoms with Gasteiger partial charge in [-0.15, -0.1) is 11.8 Å². The first-order chi connectivity index (χ1) is 9.63. The summed E-state index contributed by atoms with van der Waals surface area (Å²) in [6.07, 6.45) is 3.56. The van der Waals surface area contributed by atoms with Crippen molar-refractivity contribution in [1.29, 1.82) is 0 Å². The summed E-state index contributed by atoms with van der Waals surface area (Å²) in [4.78, 5) is 12.6. The van der Waals surface area contributed by atoms with Crippen molar-refractivity contribution in [2.45, 2.75) is 36.7 Å². The number of hydrogen-bond acceptors (Lipinski definition) is 3. The highest BCUT2D eigenvalue weighted by Crippen LogP contribution is 2.23. The molecule has 5 heteroatoms. The summed E-state index contributed by atoms with van der Waals surface area (Å²) in [6, 6.07) is 6.13. The van der Waals surface area contributed by atoms with E-state index in [4.69, 9.17) is 0 Å². The van der Waals surface area contributed by atoms with E-state index in [1.165, 1.54) is 23.9 Å². The minimum Gasteiger partial charge on any atom is -0.393 e. The van der Waals surface area contributed by atoms with E-state index >= 15 is 0 Å².